The Labute approximate surface area is 206 Å². The van der Waals surface area contributed by atoms with Gasteiger partial charge in [-0.3, -0.25) is 24.4 Å². The summed E-state index contributed by atoms with van der Waals surface area (Å²) in [5.41, 5.74) is 1.45. The van der Waals surface area contributed by atoms with Crippen molar-refractivity contribution in [2.75, 3.05) is 72.5 Å². The zero-order valence-electron chi connectivity index (χ0n) is 20.7. The van der Waals surface area contributed by atoms with Crippen molar-refractivity contribution in [2.45, 2.75) is 45.4 Å². The zero-order valence-corrected chi connectivity index (χ0v) is 20.7. The molecule has 4 amide bonds. The Bertz CT molecular complexity index is 579. The number of ether oxygens (including phenoxy) is 4. The molecule has 0 aliphatic carbocycles. The van der Waals surface area contributed by atoms with E-state index >= 15 is 0 Å². The van der Waals surface area contributed by atoms with Crippen LogP contribution in [0.1, 0.15) is 45.4 Å². The largest absolute Gasteiger partial charge is 0.377 e. The third kappa shape index (κ3) is 24.6. The van der Waals surface area contributed by atoms with Crippen molar-refractivity contribution in [1.29, 1.82) is 0 Å². The van der Waals surface area contributed by atoms with Gasteiger partial charge in [0.1, 0.15) is 13.2 Å². The summed E-state index contributed by atoms with van der Waals surface area (Å²) in [4.78, 5) is 45.4. The fraction of sp³-hybridized carbons (Fsp3) is 0.818. The molecule has 0 fully saturated rings. The van der Waals surface area contributed by atoms with E-state index in [9.17, 15) is 19.2 Å². The molecule has 35 heavy (non-hydrogen) atoms. The molecule has 0 aliphatic heterocycles. The Kier molecular flexibility index (Phi) is 23.2. The number of carbonyl (C=O) groups is 4. The van der Waals surface area contributed by atoms with Crippen LogP contribution in [0, 0.1) is 0 Å². The predicted octanol–water partition coefficient (Wildman–Crippen LogP) is -0.733. The van der Waals surface area contributed by atoms with Gasteiger partial charge in [-0.2, -0.15) is 0 Å². The Morgan fingerprint density at radius 3 is 1.60 bits per heavy atom. The summed E-state index contributed by atoms with van der Waals surface area (Å²) in [6.07, 6.45) is 4.31. The maximum absolute atomic E-state index is 11.6. The minimum Gasteiger partial charge on any atom is -0.377 e. The van der Waals surface area contributed by atoms with E-state index < -0.39 is 5.91 Å². The third-order valence-electron chi connectivity index (χ3n) is 4.40. The van der Waals surface area contributed by atoms with Crippen molar-refractivity contribution in [1.82, 2.24) is 21.4 Å². The second kappa shape index (κ2) is 24.8. The van der Waals surface area contributed by atoms with Gasteiger partial charge in [0.2, 0.25) is 23.6 Å². The zero-order chi connectivity index (χ0) is 26.0. The molecular formula is C22H42N4O9. The normalized spacial score (nSPS) is 10.6. The van der Waals surface area contributed by atoms with Crippen LogP contribution >= 0.6 is 0 Å². The number of rotatable bonds is 24. The van der Waals surface area contributed by atoms with E-state index in [0.29, 0.717) is 32.9 Å². The van der Waals surface area contributed by atoms with E-state index in [1.807, 2.05) is 0 Å². The highest BCUT2D eigenvalue weighted by molar-refractivity contribution is 5.83. The molecule has 0 saturated carbocycles. The van der Waals surface area contributed by atoms with Gasteiger partial charge in [0.15, 0.2) is 0 Å². The van der Waals surface area contributed by atoms with Crippen LogP contribution in [0.25, 0.3) is 0 Å². The molecule has 0 heterocycles. The molecular weight excluding hydrogens is 464 g/mol. The summed E-state index contributed by atoms with van der Waals surface area (Å²) in [7, 11) is 0. The number of hydroxylamine groups is 1. The molecule has 0 aromatic rings. The first-order chi connectivity index (χ1) is 17.0. The Morgan fingerprint density at radius 1 is 0.571 bits per heavy atom. The topological polar surface area (TPSA) is 174 Å². The lowest BCUT2D eigenvalue weighted by Gasteiger charge is -2.09. The summed E-state index contributed by atoms with van der Waals surface area (Å²) in [6.45, 7) is 5.00. The van der Waals surface area contributed by atoms with Crippen molar-refractivity contribution in [3.05, 3.63) is 0 Å². The van der Waals surface area contributed by atoms with Crippen molar-refractivity contribution in [2.24, 2.45) is 0 Å². The molecule has 204 valence electrons. The van der Waals surface area contributed by atoms with Crippen molar-refractivity contribution < 1.29 is 43.3 Å². The maximum atomic E-state index is 11.6. The first-order valence-corrected chi connectivity index (χ1v) is 12.0. The Morgan fingerprint density at radius 2 is 1.06 bits per heavy atom. The minimum absolute atomic E-state index is 0.00900. The van der Waals surface area contributed by atoms with Crippen LogP contribution < -0.4 is 21.4 Å². The second-order valence-corrected chi connectivity index (χ2v) is 7.48. The molecule has 0 aromatic carbocycles. The van der Waals surface area contributed by atoms with Crippen LogP contribution in [0.2, 0.25) is 0 Å². The quantitative estimate of drug-likeness (QED) is 0.0642. The summed E-state index contributed by atoms with van der Waals surface area (Å²) in [6, 6.07) is 0. The highest BCUT2D eigenvalue weighted by Gasteiger charge is 2.05. The Balaban J connectivity index is 3.34. The van der Waals surface area contributed by atoms with Gasteiger partial charge >= 0.3 is 0 Å². The van der Waals surface area contributed by atoms with Crippen LogP contribution in [0.3, 0.4) is 0 Å². The van der Waals surface area contributed by atoms with Crippen LogP contribution in [-0.2, 0) is 38.1 Å². The van der Waals surface area contributed by atoms with Crippen molar-refractivity contribution in [3.8, 4) is 0 Å². The van der Waals surface area contributed by atoms with Crippen molar-refractivity contribution in [3.63, 3.8) is 0 Å². The van der Waals surface area contributed by atoms with E-state index in [2.05, 4.69) is 22.9 Å². The summed E-state index contributed by atoms with van der Waals surface area (Å²) < 4.78 is 21.0. The molecule has 0 spiro atoms. The number of carbonyl (C=O) groups excluding carboxylic acids is 4. The van der Waals surface area contributed by atoms with Gasteiger partial charge in [-0.1, -0.05) is 26.2 Å². The summed E-state index contributed by atoms with van der Waals surface area (Å²) >= 11 is 0. The highest BCUT2D eigenvalue weighted by atomic mass is 16.5. The number of hydrogen-bond acceptors (Lipinski definition) is 9. The average Bonchev–Trinajstić information content (AvgIpc) is 2.85. The summed E-state index contributed by atoms with van der Waals surface area (Å²) in [5.74, 6) is -1.36. The Hall–Kier alpha value is -2.32. The van der Waals surface area contributed by atoms with Gasteiger partial charge < -0.3 is 34.9 Å². The first kappa shape index (κ1) is 32.7. The molecule has 0 saturated heterocycles. The van der Waals surface area contributed by atoms with Gasteiger partial charge in [-0.15, -0.1) is 0 Å². The van der Waals surface area contributed by atoms with Gasteiger partial charge in [-0.25, -0.2) is 5.48 Å². The fourth-order valence-corrected chi connectivity index (χ4v) is 2.55. The van der Waals surface area contributed by atoms with Gasteiger partial charge in [0, 0.05) is 32.5 Å². The number of hydrogen-bond donors (Lipinski definition) is 5. The highest BCUT2D eigenvalue weighted by Crippen LogP contribution is 1.96. The first-order valence-electron chi connectivity index (χ1n) is 12.0. The smallest absolute Gasteiger partial charge is 0.246 e. The molecule has 0 aliphatic rings. The number of unbranched alkanes of at least 4 members (excludes halogenated alkanes) is 3. The summed E-state index contributed by atoms with van der Waals surface area (Å²) in [5, 5.41) is 16.4. The molecule has 0 radical (unpaired) electrons. The van der Waals surface area contributed by atoms with Crippen molar-refractivity contribution >= 4 is 23.6 Å². The second-order valence-electron chi connectivity index (χ2n) is 7.48. The molecule has 0 unspecified atom stereocenters. The standard InChI is InChI=1S/C22H42N4O9/c1-2-3-4-5-8-23-21(29)17-34-15-14-33-12-10-25-22(30)18-35-16-13-32-11-9-24-19(27)6-7-20(28)26-31/h31H,2-18H2,1H3,(H,23,29)(H,24,27)(H,25,30)(H,26,28). The van der Waals surface area contributed by atoms with Crippen LogP contribution in [0.4, 0.5) is 0 Å². The average molecular weight is 507 g/mol. The monoisotopic (exact) mass is 506 g/mol. The van der Waals surface area contributed by atoms with Gasteiger partial charge in [0.25, 0.3) is 0 Å². The molecule has 0 rings (SSSR count). The molecule has 13 heteroatoms. The lowest BCUT2D eigenvalue weighted by Crippen LogP contribution is -2.32. The van der Waals surface area contributed by atoms with E-state index in [1.165, 1.54) is 11.9 Å². The molecule has 0 bridgehead atoms. The molecule has 0 aromatic heterocycles. The lowest BCUT2D eigenvalue weighted by molar-refractivity contribution is -0.131. The number of nitrogens with one attached hydrogen (secondary N) is 4. The van der Waals surface area contributed by atoms with Crippen LogP contribution in [0.15, 0.2) is 0 Å². The van der Waals surface area contributed by atoms with E-state index in [4.69, 9.17) is 24.2 Å². The van der Waals surface area contributed by atoms with Crippen LogP contribution in [0.5, 0.6) is 0 Å². The van der Waals surface area contributed by atoms with E-state index in [0.717, 1.165) is 19.3 Å². The van der Waals surface area contributed by atoms with Crippen LogP contribution in [-0.4, -0.2) is 101 Å². The predicted molar refractivity (Wildman–Crippen MR) is 126 cm³/mol. The van der Waals surface area contributed by atoms with Gasteiger partial charge in [-0.05, 0) is 6.42 Å². The lowest BCUT2D eigenvalue weighted by atomic mass is 10.2. The fourth-order valence-electron chi connectivity index (χ4n) is 2.55. The number of amides is 4. The molecule has 5 N–H and O–H groups in total. The van der Waals surface area contributed by atoms with E-state index in [-0.39, 0.29) is 70.1 Å². The minimum atomic E-state index is -0.624. The third-order valence-corrected chi connectivity index (χ3v) is 4.40. The van der Waals surface area contributed by atoms with Gasteiger partial charge in [0.05, 0.1) is 39.6 Å². The molecule has 0 atom stereocenters. The SMILES string of the molecule is CCCCCCNC(=O)COCCOCCNC(=O)COCCOCCNC(=O)CCC(=O)NO. The maximum Gasteiger partial charge on any atom is 0.246 e. The van der Waals surface area contributed by atoms with E-state index in [1.54, 1.807) is 0 Å². The molecule has 13 nitrogen and oxygen atoms in total.